The molecule has 0 amide bonds. The van der Waals surface area contributed by atoms with Crippen LogP contribution in [-0.2, 0) is 6.18 Å². The molecule has 0 radical (unpaired) electrons. The van der Waals surface area contributed by atoms with Crippen LogP contribution in [0.1, 0.15) is 5.56 Å². The Bertz CT molecular complexity index is 854. The Morgan fingerprint density at radius 3 is 1.88 bits per heavy atom. The zero-order valence-electron chi connectivity index (χ0n) is 12.6. The largest absolute Gasteiger partial charge is 0.419 e. The summed E-state index contributed by atoms with van der Waals surface area (Å²) in [5.41, 5.74) is 12.4. The van der Waals surface area contributed by atoms with Gasteiger partial charge in [0.2, 0.25) is 0 Å². The Labute approximate surface area is 137 Å². The summed E-state index contributed by atoms with van der Waals surface area (Å²) in [6.07, 6.45) is -4.56. The molecule has 0 aliphatic heterocycles. The SMILES string of the molecule is Nc1ccc(-c2ccc(N)c(C(F)(F)F)c2-c2ccccc2)cc1. The summed E-state index contributed by atoms with van der Waals surface area (Å²) in [6.45, 7) is 0. The molecule has 24 heavy (non-hydrogen) atoms. The third-order valence-corrected chi connectivity index (χ3v) is 3.81. The first-order chi connectivity index (χ1) is 11.4. The molecule has 0 saturated carbocycles. The maximum absolute atomic E-state index is 13.7. The second kappa shape index (κ2) is 5.92. The van der Waals surface area contributed by atoms with Gasteiger partial charge in [-0.05, 0) is 34.9 Å². The summed E-state index contributed by atoms with van der Waals surface area (Å²) < 4.78 is 41.0. The minimum atomic E-state index is -4.56. The predicted octanol–water partition coefficient (Wildman–Crippen LogP) is 5.20. The molecule has 0 atom stereocenters. The van der Waals surface area contributed by atoms with Gasteiger partial charge in [-0.15, -0.1) is 0 Å². The highest BCUT2D eigenvalue weighted by Crippen LogP contribution is 2.45. The zero-order chi connectivity index (χ0) is 17.3. The number of halogens is 3. The van der Waals surface area contributed by atoms with Crippen LogP contribution in [0.4, 0.5) is 24.5 Å². The highest BCUT2D eigenvalue weighted by Gasteiger charge is 2.37. The minimum absolute atomic E-state index is 0.0767. The molecule has 3 aromatic carbocycles. The molecule has 4 N–H and O–H groups in total. The van der Waals surface area contributed by atoms with Gasteiger partial charge in [0.1, 0.15) is 0 Å². The smallest absolute Gasteiger partial charge is 0.399 e. The molecule has 0 aliphatic rings. The van der Waals surface area contributed by atoms with Gasteiger partial charge in [0.25, 0.3) is 0 Å². The summed E-state index contributed by atoms with van der Waals surface area (Å²) in [7, 11) is 0. The summed E-state index contributed by atoms with van der Waals surface area (Å²) in [5.74, 6) is 0. The van der Waals surface area contributed by atoms with Crippen molar-refractivity contribution < 1.29 is 13.2 Å². The van der Waals surface area contributed by atoms with Crippen molar-refractivity contribution in [2.45, 2.75) is 6.18 Å². The fourth-order valence-electron chi connectivity index (χ4n) is 2.73. The van der Waals surface area contributed by atoms with Crippen molar-refractivity contribution in [1.29, 1.82) is 0 Å². The third kappa shape index (κ3) is 2.93. The van der Waals surface area contributed by atoms with Gasteiger partial charge in [-0.2, -0.15) is 13.2 Å². The fourth-order valence-corrected chi connectivity index (χ4v) is 2.73. The highest BCUT2D eigenvalue weighted by molar-refractivity contribution is 5.89. The lowest BCUT2D eigenvalue weighted by Gasteiger charge is -2.19. The van der Waals surface area contributed by atoms with E-state index in [1.165, 1.54) is 6.07 Å². The van der Waals surface area contributed by atoms with E-state index in [0.29, 0.717) is 22.4 Å². The number of hydrogen-bond donors (Lipinski definition) is 2. The first kappa shape index (κ1) is 15.9. The maximum atomic E-state index is 13.7. The van der Waals surface area contributed by atoms with Crippen molar-refractivity contribution in [3.05, 3.63) is 72.3 Å². The Kier molecular flexibility index (Phi) is 3.93. The number of anilines is 2. The van der Waals surface area contributed by atoms with Gasteiger partial charge in [-0.1, -0.05) is 48.5 Å². The molecule has 2 nitrogen and oxygen atoms in total. The van der Waals surface area contributed by atoms with Crippen molar-refractivity contribution in [1.82, 2.24) is 0 Å². The lowest BCUT2D eigenvalue weighted by atomic mass is 9.89. The minimum Gasteiger partial charge on any atom is -0.399 e. The van der Waals surface area contributed by atoms with Crippen molar-refractivity contribution in [2.75, 3.05) is 11.5 Å². The number of nitrogens with two attached hydrogens (primary N) is 2. The molecule has 0 spiro atoms. The van der Waals surface area contributed by atoms with Gasteiger partial charge in [0.05, 0.1) is 5.56 Å². The first-order valence-electron chi connectivity index (χ1n) is 7.29. The van der Waals surface area contributed by atoms with E-state index >= 15 is 0 Å². The number of hydrogen-bond acceptors (Lipinski definition) is 2. The van der Waals surface area contributed by atoms with Crippen LogP contribution in [0.2, 0.25) is 0 Å². The summed E-state index contributed by atoms with van der Waals surface area (Å²) in [5, 5.41) is 0. The van der Waals surface area contributed by atoms with Crippen LogP contribution in [0.15, 0.2) is 66.7 Å². The molecule has 3 rings (SSSR count). The number of benzene rings is 3. The molecule has 3 aromatic rings. The van der Waals surface area contributed by atoms with Crippen LogP contribution in [-0.4, -0.2) is 0 Å². The second-order valence-electron chi connectivity index (χ2n) is 5.44. The van der Waals surface area contributed by atoms with Crippen molar-refractivity contribution >= 4 is 11.4 Å². The Balaban J connectivity index is 2.36. The number of nitrogen functional groups attached to an aromatic ring is 2. The van der Waals surface area contributed by atoms with Gasteiger partial charge in [0.15, 0.2) is 0 Å². The average Bonchev–Trinajstić information content (AvgIpc) is 2.55. The molecule has 0 bridgehead atoms. The quantitative estimate of drug-likeness (QED) is 0.635. The van der Waals surface area contributed by atoms with E-state index in [0.717, 1.165) is 0 Å². The van der Waals surface area contributed by atoms with Gasteiger partial charge < -0.3 is 11.5 Å². The fraction of sp³-hybridized carbons (Fsp3) is 0.0526. The molecule has 0 aromatic heterocycles. The lowest BCUT2D eigenvalue weighted by molar-refractivity contribution is -0.136. The summed E-state index contributed by atoms with van der Waals surface area (Å²) >= 11 is 0. The van der Waals surface area contributed by atoms with Crippen molar-refractivity contribution in [3.63, 3.8) is 0 Å². The van der Waals surface area contributed by atoms with Crippen LogP contribution in [0.5, 0.6) is 0 Å². The number of rotatable bonds is 2. The molecule has 122 valence electrons. The van der Waals surface area contributed by atoms with E-state index in [4.69, 9.17) is 11.5 Å². The molecule has 5 heteroatoms. The second-order valence-corrected chi connectivity index (χ2v) is 5.44. The molecule has 0 saturated heterocycles. The van der Waals surface area contributed by atoms with E-state index in [-0.39, 0.29) is 11.3 Å². The van der Waals surface area contributed by atoms with Crippen LogP contribution >= 0.6 is 0 Å². The molecule has 0 aliphatic carbocycles. The van der Waals surface area contributed by atoms with Crippen molar-refractivity contribution in [2.24, 2.45) is 0 Å². The average molecular weight is 328 g/mol. The summed E-state index contributed by atoms with van der Waals surface area (Å²) in [4.78, 5) is 0. The predicted molar refractivity (Wildman–Crippen MR) is 91.1 cm³/mol. The normalized spacial score (nSPS) is 11.5. The van der Waals surface area contributed by atoms with E-state index in [1.807, 2.05) is 0 Å². The number of alkyl halides is 3. The third-order valence-electron chi connectivity index (χ3n) is 3.81. The monoisotopic (exact) mass is 328 g/mol. The standard InChI is InChI=1S/C19H15F3N2/c20-19(21,22)18-16(24)11-10-15(12-6-8-14(23)9-7-12)17(18)13-4-2-1-3-5-13/h1-11H,23-24H2. The van der Waals surface area contributed by atoms with Gasteiger partial charge in [-0.3, -0.25) is 0 Å². The Morgan fingerprint density at radius 1 is 0.667 bits per heavy atom. The molecular formula is C19H15F3N2. The maximum Gasteiger partial charge on any atom is 0.419 e. The zero-order valence-corrected chi connectivity index (χ0v) is 12.6. The first-order valence-corrected chi connectivity index (χ1v) is 7.29. The van der Waals surface area contributed by atoms with E-state index < -0.39 is 11.7 Å². The Morgan fingerprint density at radius 2 is 1.29 bits per heavy atom. The Hall–Kier alpha value is -2.95. The van der Waals surface area contributed by atoms with E-state index in [2.05, 4.69) is 0 Å². The van der Waals surface area contributed by atoms with Crippen LogP contribution < -0.4 is 11.5 Å². The van der Waals surface area contributed by atoms with Gasteiger partial charge >= 0.3 is 6.18 Å². The summed E-state index contributed by atoms with van der Waals surface area (Å²) in [6, 6.07) is 18.1. The van der Waals surface area contributed by atoms with E-state index in [1.54, 1.807) is 60.7 Å². The lowest BCUT2D eigenvalue weighted by Crippen LogP contribution is -2.12. The van der Waals surface area contributed by atoms with Gasteiger partial charge in [0, 0.05) is 16.9 Å². The van der Waals surface area contributed by atoms with Crippen LogP contribution in [0, 0.1) is 0 Å². The van der Waals surface area contributed by atoms with Crippen LogP contribution in [0.25, 0.3) is 22.3 Å². The van der Waals surface area contributed by atoms with E-state index in [9.17, 15) is 13.2 Å². The molecule has 0 unspecified atom stereocenters. The molecular weight excluding hydrogens is 313 g/mol. The molecule has 0 fully saturated rings. The molecule has 0 heterocycles. The van der Waals surface area contributed by atoms with Gasteiger partial charge in [-0.25, -0.2) is 0 Å². The topological polar surface area (TPSA) is 52.0 Å². The van der Waals surface area contributed by atoms with Crippen molar-refractivity contribution in [3.8, 4) is 22.3 Å². The highest BCUT2D eigenvalue weighted by atomic mass is 19.4. The van der Waals surface area contributed by atoms with Crippen LogP contribution in [0.3, 0.4) is 0 Å².